The second-order valence-corrected chi connectivity index (χ2v) is 9.42. The number of anilines is 1. The van der Waals surface area contributed by atoms with E-state index in [1.165, 1.54) is 42.6 Å². The van der Waals surface area contributed by atoms with Crippen LogP contribution in [0.4, 0.5) is 10.1 Å². The summed E-state index contributed by atoms with van der Waals surface area (Å²) >= 11 is 0. The van der Waals surface area contributed by atoms with Crippen LogP contribution < -0.4 is 14.8 Å². The van der Waals surface area contributed by atoms with E-state index in [0.29, 0.717) is 17.0 Å². The van der Waals surface area contributed by atoms with Gasteiger partial charge in [-0.05, 0) is 67.1 Å². The second kappa shape index (κ2) is 10.4. The number of carbonyl (C=O) groups excluding carboxylic acids is 1. The van der Waals surface area contributed by atoms with Crippen LogP contribution in [0.1, 0.15) is 21.5 Å². The molecule has 9 heteroatoms. The first kappa shape index (κ1) is 23.9. The highest BCUT2D eigenvalue weighted by molar-refractivity contribution is 7.92. The molecule has 4 rings (SSSR count). The van der Waals surface area contributed by atoms with E-state index in [4.69, 9.17) is 4.74 Å². The van der Waals surface area contributed by atoms with E-state index in [-0.39, 0.29) is 22.8 Å². The molecule has 0 bridgehead atoms. The maximum absolute atomic E-state index is 14.4. The van der Waals surface area contributed by atoms with E-state index >= 15 is 0 Å². The molecule has 0 aliphatic rings. The van der Waals surface area contributed by atoms with Crippen molar-refractivity contribution in [1.29, 1.82) is 0 Å². The number of aromatic nitrogens is 1. The molecule has 3 aromatic carbocycles. The van der Waals surface area contributed by atoms with Gasteiger partial charge >= 0.3 is 0 Å². The lowest BCUT2D eigenvalue weighted by molar-refractivity contribution is 0.0950. The quantitative estimate of drug-likeness (QED) is 0.359. The fourth-order valence-corrected chi connectivity index (χ4v) is 4.30. The molecule has 0 atom stereocenters. The van der Waals surface area contributed by atoms with Crippen LogP contribution in [-0.4, -0.2) is 19.3 Å². The summed E-state index contributed by atoms with van der Waals surface area (Å²) in [5.41, 5.74) is 2.10. The SMILES string of the molecule is Cc1ccc(NS(=O)(=O)c2cccc(C(=O)NCc3ccc(Oc4cccnc4)c(F)c3)c2)cc1. The molecule has 0 saturated heterocycles. The zero-order valence-electron chi connectivity index (χ0n) is 18.7. The molecule has 0 radical (unpaired) electrons. The van der Waals surface area contributed by atoms with E-state index in [0.717, 1.165) is 5.56 Å². The van der Waals surface area contributed by atoms with Gasteiger partial charge in [0.25, 0.3) is 15.9 Å². The van der Waals surface area contributed by atoms with Gasteiger partial charge in [0.2, 0.25) is 0 Å². The lowest BCUT2D eigenvalue weighted by atomic mass is 10.2. The third kappa shape index (κ3) is 6.21. The summed E-state index contributed by atoms with van der Waals surface area (Å²) < 4.78 is 47.9. The Morgan fingerprint density at radius 1 is 1.00 bits per heavy atom. The number of rotatable bonds is 8. The molecular formula is C26H22FN3O4S. The standard InChI is InChI=1S/C26H22FN3O4S/c1-18-7-10-21(11-8-18)30-35(32,33)23-6-2-4-20(15-23)26(31)29-16-19-9-12-25(24(27)14-19)34-22-5-3-13-28-17-22/h2-15,17,30H,16H2,1H3,(H,29,31). The van der Waals surface area contributed by atoms with Gasteiger partial charge in [-0.1, -0.05) is 29.8 Å². The van der Waals surface area contributed by atoms with Crippen LogP contribution in [0.25, 0.3) is 0 Å². The van der Waals surface area contributed by atoms with Gasteiger partial charge in [0.05, 0.1) is 11.1 Å². The molecular weight excluding hydrogens is 469 g/mol. The van der Waals surface area contributed by atoms with Gasteiger partial charge in [-0.25, -0.2) is 12.8 Å². The number of nitrogens with zero attached hydrogens (tertiary/aromatic N) is 1. The summed E-state index contributed by atoms with van der Waals surface area (Å²) in [6.45, 7) is 1.95. The van der Waals surface area contributed by atoms with Crippen molar-refractivity contribution >= 4 is 21.6 Å². The Hall–Kier alpha value is -4.24. The highest BCUT2D eigenvalue weighted by Crippen LogP contribution is 2.24. The summed E-state index contributed by atoms with van der Waals surface area (Å²) in [6, 6.07) is 20.3. The Morgan fingerprint density at radius 2 is 1.80 bits per heavy atom. The van der Waals surface area contributed by atoms with Crippen molar-refractivity contribution in [3.05, 3.63) is 114 Å². The smallest absolute Gasteiger partial charge is 0.261 e. The third-order valence-electron chi connectivity index (χ3n) is 5.02. The van der Waals surface area contributed by atoms with E-state index in [1.807, 2.05) is 6.92 Å². The van der Waals surface area contributed by atoms with Gasteiger partial charge in [-0.15, -0.1) is 0 Å². The van der Waals surface area contributed by atoms with Crippen molar-refractivity contribution < 1.29 is 22.3 Å². The predicted molar refractivity (Wildman–Crippen MR) is 130 cm³/mol. The molecule has 0 aliphatic carbocycles. The van der Waals surface area contributed by atoms with Crippen molar-refractivity contribution in [1.82, 2.24) is 10.3 Å². The van der Waals surface area contributed by atoms with E-state index in [9.17, 15) is 17.6 Å². The molecule has 1 amide bonds. The topological polar surface area (TPSA) is 97.4 Å². The Morgan fingerprint density at radius 3 is 2.51 bits per heavy atom. The average Bonchev–Trinajstić information content (AvgIpc) is 2.86. The van der Waals surface area contributed by atoms with Gasteiger partial charge in [0, 0.05) is 24.0 Å². The van der Waals surface area contributed by atoms with Crippen LogP contribution in [0.2, 0.25) is 0 Å². The Balaban J connectivity index is 1.41. The second-order valence-electron chi connectivity index (χ2n) is 7.74. The molecule has 0 fully saturated rings. The number of carbonyl (C=O) groups is 1. The normalized spacial score (nSPS) is 11.0. The van der Waals surface area contributed by atoms with Crippen LogP contribution in [0.5, 0.6) is 11.5 Å². The average molecular weight is 492 g/mol. The Bertz CT molecular complexity index is 1440. The first-order valence-corrected chi connectivity index (χ1v) is 12.1. The minimum atomic E-state index is -3.88. The number of hydrogen-bond acceptors (Lipinski definition) is 5. The fourth-order valence-electron chi connectivity index (χ4n) is 3.20. The molecule has 4 aromatic rings. The fraction of sp³-hybridized carbons (Fsp3) is 0.0769. The summed E-state index contributed by atoms with van der Waals surface area (Å²) in [5.74, 6) is -0.643. The highest BCUT2D eigenvalue weighted by Gasteiger charge is 2.17. The van der Waals surface area contributed by atoms with Crippen LogP contribution >= 0.6 is 0 Å². The minimum absolute atomic E-state index is 0.0343. The van der Waals surface area contributed by atoms with Gasteiger partial charge in [-0.2, -0.15) is 0 Å². The summed E-state index contributed by atoms with van der Waals surface area (Å²) in [5, 5.41) is 2.67. The number of halogens is 1. The predicted octanol–water partition coefficient (Wildman–Crippen LogP) is 5.05. The van der Waals surface area contributed by atoms with Crippen molar-refractivity contribution in [2.45, 2.75) is 18.4 Å². The molecule has 0 aliphatic heterocycles. The molecule has 2 N–H and O–H groups in total. The van der Waals surface area contributed by atoms with Crippen LogP contribution in [0.15, 0.2) is 96.2 Å². The third-order valence-corrected chi connectivity index (χ3v) is 6.40. The monoisotopic (exact) mass is 491 g/mol. The maximum atomic E-state index is 14.4. The van der Waals surface area contributed by atoms with Crippen LogP contribution in [0, 0.1) is 12.7 Å². The number of sulfonamides is 1. The summed E-state index contributed by atoms with van der Waals surface area (Å²) in [4.78, 5) is 16.5. The molecule has 0 spiro atoms. The molecule has 35 heavy (non-hydrogen) atoms. The van der Waals surface area contributed by atoms with Crippen molar-refractivity contribution in [2.75, 3.05) is 4.72 Å². The minimum Gasteiger partial charge on any atom is -0.453 e. The molecule has 0 unspecified atom stereocenters. The number of hydrogen-bond donors (Lipinski definition) is 2. The lowest BCUT2D eigenvalue weighted by Gasteiger charge is -2.11. The van der Waals surface area contributed by atoms with Gasteiger partial charge in [0.15, 0.2) is 11.6 Å². The number of pyridine rings is 1. The number of amides is 1. The number of benzene rings is 3. The van der Waals surface area contributed by atoms with Gasteiger partial charge in [-0.3, -0.25) is 14.5 Å². The van der Waals surface area contributed by atoms with Crippen molar-refractivity contribution in [2.24, 2.45) is 0 Å². The first-order valence-electron chi connectivity index (χ1n) is 10.6. The van der Waals surface area contributed by atoms with Crippen molar-refractivity contribution in [3.63, 3.8) is 0 Å². The molecule has 178 valence electrons. The first-order chi connectivity index (χ1) is 16.8. The Labute approximate surface area is 202 Å². The molecule has 1 heterocycles. The highest BCUT2D eigenvalue weighted by atomic mass is 32.2. The zero-order chi connectivity index (χ0) is 24.8. The van der Waals surface area contributed by atoms with Crippen LogP contribution in [0.3, 0.4) is 0 Å². The molecule has 0 saturated carbocycles. The lowest BCUT2D eigenvalue weighted by Crippen LogP contribution is -2.23. The number of ether oxygens (including phenoxy) is 1. The van der Waals surface area contributed by atoms with E-state index in [1.54, 1.807) is 48.7 Å². The number of nitrogens with one attached hydrogen (secondary N) is 2. The van der Waals surface area contributed by atoms with E-state index in [2.05, 4.69) is 15.0 Å². The van der Waals surface area contributed by atoms with E-state index < -0.39 is 21.7 Å². The largest absolute Gasteiger partial charge is 0.453 e. The summed E-state index contributed by atoms with van der Waals surface area (Å²) in [7, 11) is -3.88. The van der Waals surface area contributed by atoms with Crippen LogP contribution in [-0.2, 0) is 16.6 Å². The van der Waals surface area contributed by atoms with Gasteiger partial charge in [0.1, 0.15) is 5.75 Å². The summed E-state index contributed by atoms with van der Waals surface area (Å²) in [6.07, 6.45) is 3.05. The van der Waals surface area contributed by atoms with Gasteiger partial charge < -0.3 is 10.1 Å². The maximum Gasteiger partial charge on any atom is 0.261 e. The Kier molecular flexibility index (Phi) is 7.07. The van der Waals surface area contributed by atoms with Crippen molar-refractivity contribution in [3.8, 4) is 11.5 Å². The molecule has 7 nitrogen and oxygen atoms in total. The number of aryl methyl sites for hydroxylation is 1. The molecule has 1 aromatic heterocycles. The zero-order valence-corrected chi connectivity index (χ0v) is 19.6.